The zero-order valence-corrected chi connectivity index (χ0v) is 5.30. The lowest BCUT2D eigenvalue weighted by Gasteiger charge is -2.01. The molecular formula is C6H14N2. The Morgan fingerprint density at radius 2 is 2.25 bits per heavy atom. The van der Waals surface area contributed by atoms with Crippen molar-refractivity contribution >= 4 is 0 Å². The van der Waals surface area contributed by atoms with Gasteiger partial charge >= 0.3 is 0 Å². The Balaban J connectivity index is 3.10. The van der Waals surface area contributed by atoms with E-state index in [0.717, 1.165) is 6.42 Å². The smallest absolute Gasteiger partial charge is 0.0197 e. The van der Waals surface area contributed by atoms with Crippen LogP contribution in [0.3, 0.4) is 0 Å². The molecule has 0 amide bonds. The van der Waals surface area contributed by atoms with Gasteiger partial charge in [-0.3, -0.25) is 0 Å². The van der Waals surface area contributed by atoms with Crippen LogP contribution in [0.15, 0.2) is 12.2 Å². The summed E-state index contributed by atoms with van der Waals surface area (Å²) in [5.74, 6) is 0. The van der Waals surface area contributed by atoms with Crippen molar-refractivity contribution in [3.8, 4) is 0 Å². The van der Waals surface area contributed by atoms with Gasteiger partial charge in [-0.15, -0.1) is 0 Å². The van der Waals surface area contributed by atoms with Crippen LogP contribution in [0.5, 0.6) is 0 Å². The molecular weight excluding hydrogens is 100 g/mol. The van der Waals surface area contributed by atoms with Crippen LogP contribution in [-0.2, 0) is 0 Å². The predicted octanol–water partition coefficient (Wildman–Crippen LogP) is 0.239. The molecule has 0 aliphatic rings. The first kappa shape index (κ1) is 7.66. The van der Waals surface area contributed by atoms with E-state index in [1.165, 1.54) is 0 Å². The Hall–Kier alpha value is -0.340. The van der Waals surface area contributed by atoms with Crippen molar-refractivity contribution in [2.45, 2.75) is 19.4 Å². The van der Waals surface area contributed by atoms with E-state index in [9.17, 15) is 0 Å². The minimum absolute atomic E-state index is 0.145. The first-order valence-electron chi connectivity index (χ1n) is 2.88. The van der Waals surface area contributed by atoms with Crippen LogP contribution >= 0.6 is 0 Å². The van der Waals surface area contributed by atoms with E-state index >= 15 is 0 Å². The number of hydrogen-bond donors (Lipinski definition) is 2. The molecule has 1 atom stereocenters. The van der Waals surface area contributed by atoms with Gasteiger partial charge in [-0.25, -0.2) is 0 Å². The first-order chi connectivity index (χ1) is 3.81. The van der Waals surface area contributed by atoms with Gasteiger partial charge in [0.05, 0.1) is 0 Å². The lowest BCUT2D eigenvalue weighted by Crippen LogP contribution is -2.28. The fraction of sp³-hybridized carbons (Fsp3) is 0.667. The Labute approximate surface area is 50.6 Å². The highest BCUT2D eigenvalue weighted by molar-refractivity contribution is 4.81. The van der Waals surface area contributed by atoms with Crippen molar-refractivity contribution in [1.82, 2.24) is 0 Å². The zero-order chi connectivity index (χ0) is 6.41. The number of allylic oxidation sites excluding steroid dienone is 1. The third-order valence-electron chi connectivity index (χ3n) is 0.977. The van der Waals surface area contributed by atoms with Crippen LogP contribution in [0, 0.1) is 0 Å². The van der Waals surface area contributed by atoms with E-state index < -0.39 is 0 Å². The molecule has 48 valence electrons. The molecule has 1 unspecified atom stereocenters. The highest BCUT2D eigenvalue weighted by Gasteiger charge is 1.91. The first-order valence-corrected chi connectivity index (χ1v) is 2.88. The normalized spacial score (nSPS) is 14.9. The van der Waals surface area contributed by atoms with Crippen molar-refractivity contribution in [2.75, 3.05) is 6.54 Å². The summed E-state index contributed by atoms with van der Waals surface area (Å²) in [6.45, 7) is 2.55. The van der Waals surface area contributed by atoms with Gasteiger partial charge in [-0.2, -0.15) is 0 Å². The second kappa shape index (κ2) is 4.81. The summed E-state index contributed by atoms with van der Waals surface area (Å²) in [5.41, 5.74) is 10.7. The SMILES string of the molecule is CC=CCC(N)CN. The third kappa shape index (κ3) is 3.84. The maximum Gasteiger partial charge on any atom is 0.0197 e. The molecule has 0 saturated heterocycles. The van der Waals surface area contributed by atoms with E-state index in [-0.39, 0.29) is 6.04 Å². The van der Waals surface area contributed by atoms with E-state index in [1.807, 2.05) is 19.1 Å². The number of nitrogens with two attached hydrogens (primary N) is 2. The largest absolute Gasteiger partial charge is 0.329 e. The van der Waals surface area contributed by atoms with Gasteiger partial charge in [0.15, 0.2) is 0 Å². The van der Waals surface area contributed by atoms with Gasteiger partial charge in [0.2, 0.25) is 0 Å². The molecule has 4 N–H and O–H groups in total. The lowest BCUT2D eigenvalue weighted by atomic mass is 10.2. The van der Waals surface area contributed by atoms with Crippen molar-refractivity contribution in [1.29, 1.82) is 0 Å². The molecule has 0 aliphatic heterocycles. The maximum absolute atomic E-state index is 5.48. The average molecular weight is 114 g/mol. The van der Waals surface area contributed by atoms with Crippen LogP contribution in [0.25, 0.3) is 0 Å². The minimum Gasteiger partial charge on any atom is -0.329 e. The van der Waals surface area contributed by atoms with Gasteiger partial charge in [-0.05, 0) is 13.3 Å². The molecule has 2 nitrogen and oxygen atoms in total. The molecule has 0 aromatic carbocycles. The van der Waals surface area contributed by atoms with Crippen molar-refractivity contribution in [3.63, 3.8) is 0 Å². The fourth-order valence-corrected chi connectivity index (χ4v) is 0.407. The molecule has 0 bridgehead atoms. The van der Waals surface area contributed by atoms with Gasteiger partial charge in [0.1, 0.15) is 0 Å². The summed E-state index contributed by atoms with van der Waals surface area (Å²) in [4.78, 5) is 0. The standard InChI is InChI=1S/C6H14N2/c1-2-3-4-6(8)5-7/h2-3,6H,4-5,7-8H2,1H3. The van der Waals surface area contributed by atoms with E-state index in [0.29, 0.717) is 6.54 Å². The predicted molar refractivity (Wildman–Crippen MR) is 36.5 cm³/mol. The monoisotopic (exact) mass is 114 g/mol. The Kier molecular flexibility index (Phi) is 4.61. The topological polar surface area (TPSA) is 52.0 Å². The van der Waals surface area contributed by atoms with Crippen LogP contribution in [0.1, 0.15) is 13.3 Å². The van der Waals surface area contributed by atoms with E-state index in [4.69, 9.17) is 11.5 Å². The third-order valence-corrected chi connectivity index (χ3v) is 0.977. The Bertz CT molecular complexity index is 68.9. The summed E-state index contributed by atoms with van der Waals surface area (Å²) in [7, 11) is 0. The summed E-state index contributed by atoms with van der Waals surface area (Å²) >= 11 is 0. The van der Waals surface area contributed by atoms with Gasteiger partial charge in [-0.1, -0.05) is 12.2 Å². The molecule has 0 saturated carbocycles. The highest BCUT2D eigenvalue weighted by atomic mass is 14.7. The number of rotatable bonds is 3. The highest BCUT2D eigenvalue weighted by Crippen LogP contribution is 1.85. The van der Waals surface area contributed by atoms with E-state index in [2.05, 4.69) is 0 Å². The molecule has 0 heterocycles. The van der Waals surface area contributed by atoms with E-state index in [1.54, 1.807) is 0 Å². The Morgan fingerprint density at radius 1 is 1.62 bits per heavy atom. The maximum atomic E-state index is 5.48. The van der Waals surface area contributed by atoms with Crippen molar-refractivity contribution < 1.29 is 0 Å². The van der Waals surface area contributed by atoms with Crippen LogP contribution < -0.4 is 11.5 Å². The van der Waals surface area contributed by atoms with Gasteiger partial charge in [0, 0.05) is 12.6 Å². The molecule has 0 radical (unpaired) electrons. The minimum atomic E-state index is 0.145. The van der Waals surface area contributed by atoms with Crippen LogP contribution in [0.2, 0.25) is 0 Å². The molecule has 0 aromatic heterocycles. The van der Waals surface area contributed by atoms with Crippen LogP contribution in [0.4, 0.5) is 0 Å². The second-order valence-corrected chi connectivity index (χ2v) is 1.80. The van der Waals surface area contributed by atoms with Gasteiger partial charge < -0.3 is 11.5 Å². The molecule has 0 rings (SSSR count). The molecule has 0 spiro atoms. The summed E-state index contributed by atoms with van der Waals surface area (Å²) < 4.78 is 0. The summed E-state index contributed by atoms with van der Waals surface area (Å²) in [6.07, 6.45) is 4.90. The van der Waals surface area contributed by atoms with Crippen molar-refractivity contribution in [3.05, 3.63) is 12.2 Å². The molecule has 0 fully saturated rings. The fourth-order valence-electron chi connectivity index (χ4n) is 0.407. The zero-order valence-electron chi connectivity index (χ0n) is 5.30. The molecule has 0 aromatic rings. The van der Waals surface area contributed by atoms with Crippen LogP contribution in [-0.4, -0.2) is 12.6 Å². The molecule has 0 aliphatic carbocycles. The molecule has 8 heavy (non-hydrogen) atoms. The number of hydrogen-bond acceptors (Lipinski definition) is 2. The quantitative estimate of drug-likeness (QED) is 0.516. The lowest BCUT2D eigenvalue weighted by molar-refractivity contribution is 0.693. The molecule has 2 heteroatoms. The average Bonchev–Trinajstić information content (AvgIpc) is 1.83. The second-order valence-electron chi connectivity index (χ2n) is 1.80. The summed E-state index contributed by atoms with van der Waals surface area (Å²) in [5, 5.41) is 0. The summed E-state index contributed by atoms with van der Waals surface area (Å²) in [6, 6.07) is 0.145. The van der Waals surface area contributed by atoms with Crippen molar-refractivity contribution in [2.24, 2.45) is 11.5 Å². The Morgan fingerprint density at radius 3 is 2.62 bits per heavy atom. The van der Waals surface area contributed by atoms with Gasteiger partial charge in [0.25, 0.3) is 0 Å².